The first-order chi connectivity index (χ1) is 10.0. The van der Waals surface area contributed by atoms with Crippen LogP contribution in [0.1, 0.15) is 36.9 Å². The molecule has 0 aliphatic heterocycles. The maximum atomic E-state index is 12.2. The monoisotopic (exact) mass is 303 g/mol. The minimum Gasteiger partial charge on any atom is -0.507 e. The largest absolute Gasteiger partial charge is 0.507 e. The van der Waals surface area contributed by atoms with Crippen molar-refractivity contribution in [3.63, 3.8) is 0 Å². The number of aromatic hydroxyl groups is 1. The summed E-state index contributed by atoms with van der Waals surface area (Å²) in [4.78, 5) is 24.9. The van der Waals surface area contributed by atoms with Gasteiger partial charge >= 0.3 is 5.97 Å². The average Bonchev–Trinajstić information content (AvgIpc) is 2.98. The van der Waals surface area contributed by atoms with Gasteiger partial charge in [0.1, 0.15) is 11.3 Å². The number of carbonyl (C=O) groups is 2. The highest BCUT2D eigenvalue weighted by molar-refractivity contribution is 7.14. The molecule has 108 valence electrons. The van der Waals surface area contributed by atoms with E-state index in [4.69, 9.17) is 5.11 Å². The molecular formula is C15H13NO4S. The second-order valence-electron chi connectivity index (χ2n) is 4.90. The normalized spacial score (nSPS) is 13.0. The van der Waals surface area contributed by atoms with Crippen LogP contribution >= 0.6 is 11.3 Å². The van der Waals surface area contributed by atoms with Crippen LogP contribution in [0.5, 0.6) is 5.75 Å². The maximum absolute atomic E-state index is 12.2. The molecule has 0 unspecified atom stereocenters. The van der Waals surface area contributed by atoms with Gasteiger partial charge < -0.3 is 15.5 Å². The highest BCUT2D eigenvalue weighted by Gasteiger charge is 2.19. The zero-order chi connectivity index (χ0) is 15.0. The SMILES string of the molecule is O=C(Nc1ccc(C(=O)O)c(O)c1)c1cc2c(s1)CCC2. The average molecular weight is 303 g/mol. The van der Waals surface area contributed by atoms with Crippen molar-refractivity contribution in [1.82, 2.24) is 0 Å². The molecule has 1 amide bonds. The highest BCUT2D eigenvalue weighted by atomic mass is 32.1. The third-order valence-corrected chi connectivity index (χ3v) is 4.69. The second-order valence-corrected chi connectivity index (χ2v) is 6.04. The van der Waals surface area contributed by atoms with Gasteiger partial charge in [-0.1, -0.05) is 0 Å². The molecule has 3 N–H and O–H groups in total. The van der Waals surface area contributed by atoms with E-state index in [2.05, 4.69) is 5.32 Å². The van der Waals surface area contributed by atoms with E-state index in [-0.39, 0.29) is 17.2 Å². The number of carboxylic acids is 1. The molecule has 0 radical (unpaired) electrons. The third-order valence-electron chi connectivity index (χ3n) is 3.46. The predicted octanol–water partition coefficient (Wildman–Crippen LogP) is 2.89. The molecule has 21 heavy (non-hydrogen) atoms. The summed E-state index contributed by atoms with van der Waals surface area (Å²) in [5.74, 6) is -1.81. The zero-order valence-corrected chi connectivity index (χ0v) is 11.9. The number of nitrogens with one attached hydrogen (secondary N) is 1. The number of anilines is 1. The molecule has 6 heteroatoms. The fourth-order valence-corrected chi connectivity index (χ4v) is 3.57. The summed E-state index contributed by atoms with van der Waals surface area (Å²) in [6, 6.07) is 5.88. The molecule has 1 heterocycles. The first kappa shape index (κ1) is 13.6. The highest BCUT2D eigenvalue weighted by Crippen LogP contribution is 2.31. The molecule has 0 atom stereocenters. The Morgan fingerprint density at radius 1 is 1.19 bits per heavy atom. The third kappa shape index (κ3) is 2.62. The predicted molar refractivity (Wildman–Crippen MR) is 79.4 cm³/mol. The Morgan fingerprint density at radius 3 is 2.67 bits per heavy atom. The topological polar surface area (TPSA) is 86.6 Å². The van der Waals surface area contributed by atoms with E-state index in [0.717, 1.165) is 19.3 Å². The van der Waals surface area contributed by atoms with E-state index in [1.807, 2.05) is 6.07 Å². The van der Waals surface area contributed by atoms with Gasteiger partial charge in [0.05, 0.1) is 4.88 Å². The van der Waals surface area contributed by atoms with Gasteiger partial charge in [0.2, 0.25) is 0 Å². The van der Waals surface area contributed by atoms with E-state index in [0.29, 0.717) is 10.6 Å². The van der Waals surface area contributed by atoms with Crippen molar-refractivity contribution in [3.05, 3.63) is 45.1 Å². The Hall–Kier alpha value is -2.34. The molecule has 0 bridgehead atoms. The molecule has 0 spiro atoms. The maximum Gasteiger partial charge on any atom is 0.339 e. The van der Waals surface area contributed by atoms with Crippen LogP contribution in [-0.4, -0.2) is 22.1 Å². The summed E-state index contributed by atoms with van der Waals surface area (Å²) >= 11 is 1.49. The Bertz CT molecular complexity index is 714. The number of rotatable bonds is 3. The van der Waals surface area contributed by atoms with Crippen LogP contribution in [0.4, 0.5) is 5.69 Å². The smallest absolute Gasteiger partial charge is 0.339 e. The molecule has 5 nitrogen and oxygen atoms in total. The van der Waals surface area contributed by atoms with Crippen LogP contribution in [0.15, 0.2) is 24.3 Å². The molecule has 0 saturated heterocycles. The van der Waals surface area contributed by atoms with Crippen LogP contribution in [0.25, 0.3) is 0 Å². The lowest BCUT2D eigenvalue weighted by Crippen LogP contribution is -2.10. The van der Waals surface area contributed by atoms with E-state index in [9.17, 15) is 14.7 Å². The summed E-state index contributed by atoms with van der Waals surface area (Å²) in [5, 5.41) is 21.1. The number of hydrogen-bond acceptors (Lipinski definition) is 4. The first-order valence-corrected chi connectivity index (χ1v) is 7.35. The number of carboxylic acid groups (broad SMARTS) is 1. The molecule has 1 aliphatic carbocycles. The molecular weight excluding hydrogens is 290 g/mol. The van der Waals surface area contributed by atoms with Crippen molar-refractivity contribution in [2.45, 2.75) is 19.3 Å². The van der Waals surface area contributed by atoms with E-state index < -0.39 is 5.97 Å². The number of hydrogen-bond donors (Lipinski definition) is 3. The molecule has 0 saturated carbocycles. The number of aryl methyl sites for hydroxylation is 2. The van der Waals surface area contributed by atoms with Gasteiger partial charge in [-0.25, -0.2) is 4.79 Å². The van der Waals surface area contributed by atoms with Crippen molar-refractivity contribution < 1.29 is 19.8 Å². The van der Waals surface area contributed by atoms with Crippen molar-refractivity contribution in [3.8, 4) is 5.75 Å². The second kappa shape index (κ2) is 5.21. The Kier molecular flexibility index (Phi) is 3.39. The van der Waals surface area contributed by atoms with Crippen LogP contribution in [0.2, 0.25) is 0 Å². The van der Waals surface area contributed by atoms with Gasteiger partial charge in [-0.05, 0) is 43.0 Å². The molecule has 1 aromatic heterocycles. The van der Waals surface area contributed by atoms with E-state index in [1.165, 1.54) is 40.0 Å². The minimum absolute atomic E-state index is 0.192. The summed E-state index contributed by atoms with van der Waals surface area (Å²) in [5.41, 5.74) is 1.42. The fourth-order valence-electron chi connectivity index (χ4n) is 2.42. The lowest BCUT2D eigenvalue weighted by Gasteiger charge is -2.06. The molecule has 0 fully saturated rings. The van der Waals surface area contributed by atoms with Crippen LogP contribution in [0.3, 0.4) is 0 Å². The summed E-state index contributed by atoms with van der Waals surface area (Å²) < 4.78 is 0. The van der Waals surface area contributed by atoms with E-state index in [1.54, 1.807) is 0 Å². The summed E-state index contributed by atoms with van der Waals surface area (Å²) in [7, 11) is 0. The fraction of sp³-hybridized carbons (Fsp3) is 0.200. The molecule has 2 aromatic rings. The number of benzene rings is 1. The quantitative estimate of drug-likeness (QED) is 0.813. The van der Waals surface area contributed by atoms with Crippen molar-refractivity contribution >= 4 is 28.9 Å². The standard InChI is InChI=1S/C15H13NO4S/c17-11-7-9(4-5-10(11)15(19)20)16-14(18)13-6-8-2-1-3-12(8)21-13/h4-7,17H,1-3H2,(H,16,18)(H,19,20). The van der Waals surface area contributed by atoms with Crippen molar-refractivity contribution in [2.75, 3.05) is 5.32 Å². The van der Waals surface area contributed by atoms with Gasteiger partial charge in [-0.3, -0.25) is 4.79 Å². The van der Waals surface area contributed by atoms with Gasteiger partial charge in [-0.15, -0.1) is 11.3 Å². The van der Waals surface area contributed by atoms with Gasteiger partial charge in [-0.2, -0.15) is 0 Å². The minimum atomic E-state index is -1.21. The molecule has 1 aromatic carbocycles. The Balaban J connectivity index is 1.78. The lowest BCUT2D eigenvalue weighted by molar-refractivity contribution is 0.0693. The van der Waals surface area contributed by atoms with Gasteiger partial charge in [0.25, 0.3) is 5.91 Å². The lowest BCUT2D eigenvalue weighted by atomic mass is 10.2. The number of phenols is 1. The Labute approximate surface area is 124 Å². The van der Waals surface area contributed by atoms with E-state index >= 15 is 0 Å². The van der Waals surface area contributed by atoms with Crippen LogP contribution in [0, 0.1) is 0 Å². The number of aromatic carboxylic acids is 1. The van der Waals surface area contributed by atoms with Gasteiger partial charge in [0.15, 0.2) is 0 Å². The summed E-state index contributed by atoms with van der Waals surface area (Å²) in [6.07, 6.45) is 3.20. The number of amides is 1. The first-order valence-electron chi connectivity index (χ1n) is 6.54. The van der Waals surface area contributed by atoms with Crippen molar-refractivity contribution in [2.24, 2.45) is 0 Å². The van der Waals surface area contributed by atoms with Gasteiger partial charge in [0, 0.05) is 16.6 Å². The number of fused-ring (bicyclic) bond motifs is 1. The van der Waals surface area contributed by atoms with Crippen LogP contribution in [-0.2, 0) is 12.8 Å². The molecule has 1 aliphatic rings. The number of carbonyl (C=O) groups excluding carboxylic acids is 1. The summed E-state index contributed by atoms with van der Waals surface area (Å²) in [6.45, 7) is 0. The molecule has 3 rings (SSSR count). The van der Waals surface area contributed by atoms with Crippen LogP contribution < -0.4 is 5.32 Å². The number of thiophene rings is 1. The zero-order valence-electron chi connectivity index (χ0n) is 11.0. The Morgan fingerprint density at radius 2 is 2.00 bits per heavy atom. The van der Waals surface area contributed by atoms with Crippen molar-refractivity contribution in [1.29, 1.82) is 0 Å².